The van der Waals surface area contributed by atoms with Gasteiger partial charge in [-0.3, -0.25) is 9.59 Å². The van der Waals surface area contributed by atoms with Crippen molar-refractivity contribution < 1.29 is 19.1 Å². The van der Waals surface area contributed by atoms with Gasteiger partial charge in [0.05, 0.1) is 23.9 Å². The molecule has 0 heterocycles. The van der Waals surface area contributed by atoms with E-state index >= 15 is 0 Å². The molecule has 0 aromatic heterocycles. The SMILES string of the molecule is COC(=O)c1cccc(C(=O)Nc2ccccc2C(=O)N(C)C2CCCCC2)c1. The standard InChI is InChI=1S/C23H26N2O4/c1-25(18-11-4-3-5-12-18)22(27)19-13-6-7-14-20(19)24-21(26)16-9-8-10-17(15-16)23(28)29-2/h6-10,13-15,18H,3-5,11-12H2,1-2H3,(H,24,26). The van der Waals surface area contributed by atoms with Gasteiger partial charge in [0.15, 0.2) is 0 Å². The molecule has 0 bridgehead atoms. The molecule has 1 aliphatic rings. The largest absolute Gasteiger partial charge is 0.465 e. The number of ether oxygens (including phenoxy) is 1. The molecule has 2 aromatic rings. The van der Waals surface area contributed by atoms with Gasteiger partial charge in [0.2, 0.25) is 0 Å². The first kappa shape index (κ1) is 20.6. The molecule has 0 aliphatic heterocycles. The van der Waals surface area contributed by atoms with Gasteiger partial charge in [-0.25, -0.2) is 4.79 Å². The molecule has 2 aromatic carbocycles. The number of anilines is 1. The number of nitrogens with zero attached hydrogens (tertiary/aromatic N) is 1. The van der Waals surface area contributed by atoms with Gasteiger partial charge < -0.3 is 15.0 Å². The molecule has 3 rings (SSSR count). The summed E-state index contributed by atoms with van der Waals surface area (Å²) in [5.74, 6) is -1.00. The van der Waals surface area contributed by atoms with E-state index in [1.54, 1.807) is 47.4 Å². The van der Waals surface area contributed by atoms with Crippen molar-refractivity contribution in [3.05, 3.63) is 65.2 Å². The van der Waals surface area contributed by atoms with Gasteiger partial charge in [-0.1, -0.05) is 37.5 Å². The zero-order chi connectivity index (χ0) is 20.8. The minimum atomic E-state index is -0.510. The van der Waals surface area contributed by atoms with Crippen LogP contribution in [0, 0.1) is 0 Å². The molecule has 1 saturated carbocycles. The summed E-state index contributed by atoms with van der Waals surface area (Å²) >= 11 is 0. The minimum Gasteiger partial charge on any atom is -0.465 e. The van der Waals surface area contributed by atoms with Crippen LogP contribution >= 0.6 is 0 Å². The van der Waals surface area contributed by atoms with Gasteiger partial charge in [0, 0.05) is 18.7 Å². The topological polar surface area (TPSA) is 75.7 Å². The highest BCUT2D eigenvalue weighted by molar-refractivity contribution is 6.09. The van der Waals surface area contributed by atoms with Crippen molar-refractivity contribution in [3.8, 4) is 0 Å². The molecule has 1 fully saturated rings. The normalized spacial score (nSPS) is 14.1. The predicted molar refractivity (Wildman–Crippen MR) is 111 cm³/mol. The molecule has 0 radical (unpaired) electrons. The van der Waals surface area contributed by atoms with Gasteiger partial charge in [0.1, 0.15) is 0 Å². The number of rotatable bonds is 5. The summed E-state index contributed by atoms with van der Waals surface area (Å²) in [5.41, 5.74) is 1.52. The Kier molecular flexibility index (Phi) is 6.65. The van der Waals surface area contributed by atoms with Crippen LogP contribution in [0.25, 0.3) is 0 Å². The first-order valence-electron chi connectivity index (χ1n) is 9.87. The quantitative estimate of drug-likeness (QED) is 0.774. The summed E-state index contributed by atoms with van der Waals surface area (Å²) in [7, 11) is 3.12. The molecule has 0 atom stereocenters. The van der Waals surface area contributed by atoms with Crippen LogP contribution in [0.5, 0.6) is 0 Å². The fourth-order valence-corrected chi connectivity index (χ4v) is 3.70. The van der Waals surface area contributed by atoms with E-state index in [9.17, 15) is 14.4 Å². The lowest BCUT2D eigenvalue weighted by Crippen LogP contribution is -2.38. The number of hydrogen-bond acceptors (Lipinski definition) is 4. The van der Waals surface area contributed by atoms with Crippen molar-refractivity contribution in [2.75, 3.05) is 19.5 Å². The van der Waals surface area contributed by atoms with Crippen LogP contribution in [-0.4, -0.2) is 42.9 Å². The van der Waals surface area contributed by atoms with Gasteiger partial charge in [0.25, 0.3) is 11.8 Å². The number of amides is 2. The molecule has 6 heteroatoms. The Morgan fingerprint density at radius 1 is 0.966 bits per heavy atom. The van der Waals surface area contributed by atoms with Crippen molar-refractivity contribution in [2.24, 2.45) is 0 Å². The smallest absolute Gasteiger partial charge is 0.337 e. The van der Waals surface area contributed by atoms with Crippen molar-refractivity contribution in [2.45, 2.75) is 38.1 Å². The number of benzene rings is 2. The second kappa shape index (κ2) is 9.37. The summed E-state index contributed by atoms with van der Waals surface area (Å²) in [6.45, 7) is 0. The lowest BCUT2D eigenvalue weighted by atomic mass is 9.94. The molecule has 0 unspecified atom stereocenters. The maximum absolute atomic E-state index is 13.1. The predicted octanol–water partition coefficient (Wildman–Crippen LogP) is 4.13. The monoisotopic (exact) mass is 394 g/mol. The molecule has 1 aliphatic carbocycles. The third kappa shape index (κ3) is 4.83. The molecular weight excluding hydrogens is 368 g/mol. The van der Waals surface area contributed by atoms with Crippen molar-refractivity contribution in [1.82, 2.24) is 4.90 Å². The lowest BCUT2D eigenvalue weighted by Gasteiger charge is -2.31. The van der Waals surface area contributed by atoms with Crippen LogP contribution in [0.1, 0.15) is 63.2 Å². The summed E-state index contributed by atoms with van der Waals surface area (Å²) in [6, 6.07) is 13.5. The van der Waals surface area contributed by atoms with Crippen molar-refractivity contribution in [1.29, 1.82) is 0 Å². The lowest BCUT2D eigenvalue weighted by molar-refractivity contribution is 0.0600. The number of hydrogen-bond donors (Lipinski definition) is 1. The first-order valence-corrected chi connectivity index (χ1v) is 9.87. The second-order valence-corrected chi connectivity index (χ2v) is 7.28. The van der Waals surface area contributed by atoms with Gasteiger partial charge in [-0.15, -0.1) is 0 Å². The number of nitrogens with one attached hydrogen (secondary N) is 1. The van der Waals surface area contributed by atoms with Gasteiger partial charge >= 0.3 is 5.97 Å². The van der Waals surface area contributed by atoms with Crippen LogP contribution in [0.3, 0.4) is 0 Å². The third-order valence-electron chi connectivity index (χ3n) is 5.39. The van der Waals surface area contributed by atoms with Crippen LogP contribution < -0.4 is 5.32 Å². The van der Waals surface area contributed by atoms with E-state index in [0.717, 1.165) is 25.7 Å². The Morgan fingerprint density at radius 2 is 1.66 bits per heavy atom. The summed E-state index contributed by atoms with van der Waals surface area (Å²) in [4.78, 5) is 39.3. The Labute approximate surface area is 170 Å². The highest BCUT2D eigenvalue weighted by atomic mass is 16.5. The summed E-state index contributed by atoms with van der Waals surface area (Å²) < 4.78 is 4.70. The molecular formula is C23H26N2O4. The van der Waals surface area contributed by atoms with E-state index in [1.165, 1.54) is 19.6 Å². The Hall–Kier alpha value is -3.15. The second-order valence-electron chi connectivity index (χ2n) is 7.28. The third-order valence-corrected chi connectivity index (χ3v) is 5.39. The van der Waals surface area contributed by atoms with E-state index in [0.29, 0.717) is 22.4 Å². The average Bonchev–Trinajstić information content (AvgIpc) is 2.78. The number of methoxy groups -OCH3 is 1. The van der Waals surface area contributed by atoms with E-state index in [2.05, 4.69) is 5.32 Å². The zero-order valence-corrected chi connectivity index (χ0v) is 16.8. The molecule has 6 nitrogen and oxygen atoms in total. The fraction of sp³-hybridized carbons (Fsp3) is 0.348. The van der Waals surface area contributed by atoms with Crippen molar-refractivity contribution in [3.63, 3.8) is 0 Å². The Bertz CT molecular complexity index is 903. The molecule has 29 heavy (non-hydrogen) atoms. The minimum absolute atomic E-state index is 0.101. The van der Waals surface area contributed by atoms with E-state index < -0.39 is 11.9 Å². The highest BCUT2D eigenvalue weighted by Crippen LogP contribution is 2.25. The number of carbonyl (C=O) groups excluding carboxylic acids is 3. The molecule has 0 spiro atoms. The van der Waals surface area contributed by atoms with Crippen LogP contribution in [0.15, 0.2) is 48.5 Å². The molecule has 1 N–H and O–H groups in total. The molecule has 152 valence electrons. The average molecular weight is 394 g/mol. The van der Waals surface area contributed by atoms with Gasteiger partial charge in [-0.05, 0) is 43.2 Å². The maximum Gasteiger partial charge on any atom is 0.337 e. The molecule has 0 saturated heterocycles. The molecule has 2 amide bonds. The Balaban J connectivity index is 1.79. The number of esters is 1. The van der Waals surface area contributed by atoms with Crippen LogP contribution in [0.2, 0.25) is 0 Å². The van der Waals surface area contributed by atoms with E-state index in [1.807, 2.05) is 7.05 Å². The van der Waals surface area contributed by atoms with E-state index in [4.69, 9.17) is 4.74 Å². The van der Waals surface area contributed by atoms with Gasteiger partial charge in [-0.2, -0.15) is 0 Å². The Morgan fingerprint density at radius 3 is 2.38 bits per heavy atom. The number of carbonyl (C=O) groups is 3. The maximum atomic E-state index is 13.1. The summed E-state index contributed by atoms with van der Waals surface area (Å²) in [6.07, 6.45) is 5.51. The summed E-state index contributed by atoms with van der Waals surface area (Å²) in [5, 5.41) is 2.81. The first-order chi connectivity index (χ1) is 14.0. The highest BCUT2D eigenvalue weighted by Gasteiger charge is 2.25. The van der Waals surface area contributed by atoms with E-state index in [-0.39, 0.29) is 11.9 Å². The fourth-order valence-electron chi connectivity index (χ4n) is 3.70. The number of para-hydroxylation sites is 1. The van der Waals surface area contributed by atoms with Crippen LogP contribution in [0.4, 0.5) is 5.69 Å². The zero-order valence-electron chi connectivity index (χ0n) is 16.8. The van der Waals surface area contributed by atoms with Crippen molar-refractivity contribution >= 4 is 23.5 Å². The van der Waals surface area contributed by atoms with Crippen LogP contribution in [-0.2, 0) is 4.74 Å².